The highest BCUT2D eigenvalue weighted by atomic mass is 16.5. The predicted molar refractivity (Wildman–Crippen MR) is 82.4 cm³/mol. The molecule has 2 aromatic rings. The second-order valence-electron chi connectivity index (χ2n) is 5.90. The van der Waals surface area contributed by atoms with E-state index in [0.717, 1.165) is 11.4 Å². The Labute approximate surface area is 123 Å². The maximum Gasteiger partial charge on any atom is 0.308 e. The molecule has 0 saturated heterocycles. The molecular formula is C15H20N4O2. The molecule has 4 N–H and O–H groups in total. The van der Waals surface area contributed by atoms with Gasteiger partial charge in [0.05, 0.1) is 17.1 Å². The van der Waals surface area contributed by atoms with Crippen LogP contribution in [0.5, 0.6) is 5.75 Å². The first kappa shape index (κ1) is 14.9. The number of carbonyl (C=O) groups excluding carboxylic acids is 1. The Balaban J connectivity index is 2.41. The Kier molecular flexibility index (Phi) is 3.63. The summed E-state index contributed by atoms with van der Waals surface area (Å²) in [5, 5.41) is 4.50. The second-order valence-corrected chi connectivity index (χ2v) is 5.90. The van der Waals surface area contributed by atoms with E-state index in [1.165, 1.54) is 6.92 Å². The van der Waals surface area contributed by atoms with Gasteiger partial charge in [-0.2, -0.15) is 5.10 Å². The van der Waals surface area contributed by atoms with E-state index in [4.69, 9.17) is 16.2 Å². The first-order valence-corrected chi connectivity index (χ1v) is 6.63. The predicted octanol–water partition coefficient (Wildman–Crippen LogP) is 2.26. The van der Waals surface area contributed by atoms with Gasteiger partial charge in [-0.15, -0.1) is 0 Å². The van der Waals surface area contributed by atoms with Crippen LogP contribution in [0.3, 0.4) is 0 Å². The molecule has 0 amide bonds. The molecule has 2 rings (SSSR count). The third-order valence-corrected chi connectivity index (χ3v) is 3.01. The molecule has 0 unspecified atom stereocenters. The van der Waals surface area contributed by atoms with Gasteiger partial charge in [0, 0.05) is 12.3 Å². The smallest absolute Gasteiger partial charge is 0.308 e. The molecule has 0 saturated carbocycles. The van der Waals surface area contributed by atoms with Crippen LogP contribution in [0.2, 0.25) is 0 Å². The van der Waals surface area contributed by atoms with Crippen molar-refractivity contribution in [3.63, 3.8) is 0 Å². The summed E-state index contributed by atoms with van der Waals surface area (Å²) in [6.45, 7) is 7.44. The Morgan fingerprint density at radius 1 is 1.19 bits per heavy atom. The average molecular weight is 288 g/mol. The molecule has 0 aliphatic rings. The van der Waals surface area contributed by atoms with Gasteiger partial charge in [-0.25, -0.2) is 4.68 Å². The minimum absolute atomic E-state index is 0.193. The lowest BCUT2D eigenvalue weighted by atomic mass is 9.91. The molecule has 0 atom stereocenters. The summed E-state index contributed by atoms with van der Waals surface area (Å²) in [6.07, 6.45) is 0. The summed E-state index contributed by atoms with van der Waals surface area (Å²) in [7, 11) is 0. The molecule has 1 aromatic heterocycles. The fraction of sp³-hybridized carbons (Fsp3) is 0.333. The number of nitrogens with two attached hydrogens (primary N) is 2. The van der Waals surface area contributed by atoms with Crippen LogP contribution in [-0.4, -0.2) is 15.7 Å². The Hall–Kier alpha value is -2.50. The van der Waals surface area contributed by atoms with Gasteiger partial charge < -0.3 is 16.2 Å². The van der Waals surface area contributed by atoms with E-state index in [-0.39, 0.29) is 11.4 Å². The lowest BCUT2D eigenvalue weighted by molar-refractivity contribution is -0.131. The summed E-state index contributed by atoms with van der Waals surface area (Å²) in [4.78, 5) is 10.9. The molecule has 6 nitrogen and oxygen atoms in total. The van der Waals surface area contributed by atoms with Crippen molar-refractivity contribution < 1.29 is 9.53 Å². The first-order chi connectivity index (χ1) is 9.70. The molecule has 1 heterocycles. The summed E-state index contributed by atoms with van der Waals surface area (Å²) >= 11 is 0. The summed E-state index contributed by atoms with van der Waals surface area (Å²) in [5.41, 5.74) is 13.9. The molecule has 0 aliphatic carbocycles. The fourth-order valence-corrected chi connectivity index (χ4v) is 2.02. The van der Waals surface area contributed by atoms with E-state index >= 15 is 0 Å². The summed E-state index contributed by atoms with van der Waals surface area (Å²) in [5.74, 6) is 0.516. The standard InChI is InChI=1S/C15H20N4O2/c1-9(20)21-11-7-5-10(6-8-11)19-14(17)12(16)13(18-19)15(2,3)4/h5-8H,16-17H2,1-4H3. The largest absolute Gasteiger partial charge is 0.427 e. The summed E-state index contributed by atoms with van der Waals surface area (Å²) < 4.78 is 6.58. The number of hydrogen-bond donors (Lipinski definition) is 2. The van der Waals surface area contributed by atoms with Crippen LogP contribution in [0, 0.1) is 0 Å². The highest BCUT2D eigenvalue weighted by Crippen LogP contribution is 2.32. The van der Waals surface area contributed by atoms with E-state index in [9.17, 15) is 4.79 Å². The number of aromatic nitrogens is 2. The Morgan fingerprint density at radius 3 is 2.19 bits per heavy atom. The first-order valence-electron chi connectivity index (χ1n) is 6.63. The third-order valence-electron chi connectivity index (χ3n) is 3.01. The Morgan fingerprint density at radius 2 is 1.76 bits per heavy atom. The molecule has 6 heteroatoms. The van der Waals surface area contributed by atoms with Gasteiger partial charge in [0.1, 0.15) is 5.75 Å². The topological polar surface area (TPSA) is 96.2 Å². The van der Waals surface area contributed by atoms with E-state index < -0.39 is 0 Å². The van der Waals surface area contributed by atoms with E-state index in [1.54, 1.807) is 28.9 Å². The van der Waals surface area contributed by atoms with Gasteiger partial charge in [-0.1, -0.05) is 20.8 Å². The molecule has 0 spiro atoms. The highest BCUT2D eigenvalue weighted by molar-refractivity contribution is 5.69. The van der Waals surface area contributed by atoms with Gasteiger partial charge in [0.15, 0.2) is 5.82 Å². The number of nitrogen functional groups attached to an aromatic ring is 2. The van der Waals surface area contributed by atoms with Crippen LogP contribution >= 0.6 is 0 Å². The lowest BCUT2D eigenvalue weighted by Crippen LogP contribution is -2.14. The van der Waals surface area contributed by atoms with E-state index in [2.05, 4.69) is 5.10 Å². The van der Waals surface area contributed by atoms with Crippen LogP contribution in [-0.2, 0) is 10.2 Å². The molecule has 112 valence electrons. The number of esters is 1. The van der Waals surface area contributed by atoms with Crippen LogP contribution in [0.4, 0.5) is 11.5 Å². The van der Waals surface area contributed by atoms with Gasteiger partial charge in [-0.3, -0.25) is 4.79 Å². The Bertz CT molecular complexity index is 666. The minimum Gasteiger partial charge on any atom is -0.427 e. The van der Waals surface area contributed by atoms with E-state index in [1.807, 2.05) is 20.8 Å². The number of nitrogens with zero attached hydrogens (tertiary/aromatic N) is 2. The second kappa shape index (κ2) is 5.12. The maximum atomic E-state index is 10.9. The molecule has 0 bridgehead atoms. The van der Waals surface area contributed by atoms with Gasteiger partial charge in [0.2, 0.25) is 0 Å². The van der Waals surface area contributed by atoms with Crippen molar-refractivity contribution in [3.05, 3.63) is 30.0 Å². The fourth-order valence-electron chi connectivity index (χ4n) is 2.02. The van der Waals surface area contributed by atoms with Crippen molar-refractivity contribution in [2.75, 3.05) is 11.5 Å². The minimum atomic E-state index is -0.361. The number of benzene rings is 1. The van der Waals surface area contributed by atoms with Crippen LogP contribution in [0.25, 0.3) is 5.69 Å². The van der Waals surface area contributed by atoms with Crippen molar-refractivity contribution in [1.29, 1.82) is 0 Å². The average Bonchev–Trinajstić information content (AvgIpc) is 2.67. The SMILES string of the molecule is CC(=O)Oc1ccc(-n2nc(C(C)(C)C)c(N)c2N)cc1. The molecule has 1 aromatic carbocycles. The van der Waals surface area contributed by atoms with Gasteiger partial charge in [-0.05, 0) is 24.3 Å². The van der Waals surface area contributed by atoms with Crippen molar-refractivity contribution in [3.8, 4) is 11.4 Å². The number of anilines is 2. The van der Waals surface area contributed by atoms with Crippen molar-refractivity contribution in [1.82, 2.24) is 9.78 Å². The van der Waals surface area contributed by atoms with Crippen molar-refractivity contribution in [2.24, 2.45) is 0 Å². The number of carbonyl (C=O) groups is 1. The number of ether oxygens (including phenoxy) is 1. The quantitative estimate of drug-likeness (QED) is 0.652. The number of hydrogen-bond acceptors (Lipinski definition) is 5. The van der Waals surface area contributed by atoms with E-state index in [0.29, 0.717) is 17.3 Å². The molecular weight excluding hydrogens is 268 g/mol. The monoisotopic (exact) mass is 288 g/mol. The lowest BCUT2D eigenvalue weighted by Gasteiger charge is -2.15. The van der Waals surface area contributed by atoms with Gasteiger partial charge >= 0.3 is 5.97 Å². The number of rotatable bonds is 2. The molecule has 21 heavy (non-hydrogen) atoms. The van der Waals surface area contributed by atoms with Crippen LogP contribution < -0.4 is 16.2 Å². The molecule has 0 radical (unpaired) electrons. The highest BCUT2D eigenvalue weighted by Gasteiger charge is 2.24. The van der Waals surface area contributed by atoms with Gasteiger partial charge in [0.25, 0.3) is 0 Å². The zero-order valence-corrected chi connectivity index (χ0v) is 12.7. The van der Waals surface area contributed by atoms with Crippen molar-refractivity contribution in [2.45, 2.75) is 33.1 Å². The molecule has 0 aliphatic heterocycles. The maximum absolute atomic E-state index is 10.9. The third kappa shape index (κ3) is 2.99. The van der Waals surface area contributed by atoms with Crippen LogP contribution in [0.1, 0.15) is 33.4 Å². The summed E-state index contributed by atoms with van der Waals surface area (Å²) in [6, 6.07) is 6.91. The molecule has 0 fully saturated rings. The van der Waals surface area contributed by atoms with Crippen LogP contribution in [0.15, 0.2) is 24.3 Å². The zero-order chi connectivity index (χ0) is 15.8. The zero-order valence-electron chi connectivity index (χ0n) is 12.7. The van der Waals surface area contributed by atoms with Crippen molar-refractivity contribution >= 4 is 17.5 Å². The normalized spacial score (nSPS) is 11.4.